The summed E-state index contributed by atoms with van der Waals surface area (Å²) >= 11 is 6.51. The van der Waals surface area contributed by atoms with E-state index in [1.54, 1.807) is 10.9 Å². The Hall–Kier alpha value is -3.12. The topological polar surface area (TPSA) is 70.9 Å². The number of aromatic amines is 1. The van der Waals surface area contributed by atoms with Gasteiger partial charge in [-0.15, -0.1) is 0 Å². The molecule has 2 aromatic heterocycles. The monoisotopic (exact) mass is 378 g/mol. The molecule has 27 heavy (non-hydrogen) atoms. The number of halogens is 1. The molecule has 4 aromatic rings. The third-order valence-corrected chi connectivity index (χ3v) is 4.71. The van der Waals surface area contributed by atoms with E-state index in [1.807, 2.05) is 31.2 Å². The first kappa shape index (κ1) is 17.3. The van der Waals surface area contributed by atoms with Crippen molar-refractivity contribution in [2.75, 3.05) is 5.43 Å². The van der Waals surface area contributed by atoms with Crippen LogP contribution >= 0.6 is 11.6 Å². The second-order valence-electron chi connectivity index (χ2n) is 6.41. The summed E-state index contributed by atoms with van der Waals surface area (Å²) in [5, 5.41) is 9.34. The van der Waals surface area contributed by atoms with E-state index in [4.69, 9.17) is 11.6 Å². The summed E-state index contributed by atoms with van der Waals surface area (Å²) in [4.78, 5) is 7.59. The number of hydrogen-bond acceptors (Lipinski definition) is 4. The van der Waals surface area contributed by atoms with Gasteiger partial charge in [-0.2, -0.15) is 10.2 Å². The van der Waals surface area contributed by atoms with E-state index in [9.17, 15) is 0 Å². The van der Waals surface area contributed by atoms with Crippen LogP contribution in [0.25, 0.3) is 11.0 Å². The van der Waals surface area contributed by atoms with E-state index in [-0.39, 0.29) is 0 Å². The van der Waals surface area contributed by atoms with Gasteiger partial charge in [-0.25, -0.2) is 15.1 Å². The second-order valence-corrected chi connectivity index (χ2v) is 6.76. The molecule has 0 unspecified atom stereocenters. The van der Waals surface area contributed by atoms with Gasteiger partial charge in [0.05, 0.1) is 35.1 Å². The number of nitrogens with one attached hydrogen (secondary N) is 2. The van der Waals surface area contributed by atoms with E-state index in [2.05, 4.69) is 56.8 Å². The van der Waals surface area contributed by atoms with Gasteiger partial charge in [-0.1, -0.05) is 53.6 Å². The van der Waals surface area contributed by atoms with Gasteiger partial charge in [0.2, 0.25) is 5.95 Å². The zero-order valence-electron chi connectivity index (χ0n) is 15.1. The number of rotatable bonds is 5. The smallest absolute Gasteiger partial charge is 0.222 e. The van der Waals surface area contributed by atoms with Crippen LogP contribution in [0.1, 0.15) is 22.4 Å². The minimum atomic E-state index is 0.559. The molecule has 136 valence electrons. The normalized spacial score (nSPS) is 11.5. The van der Waals surface area contributed by atoms with E-state index >= 15 is 0 Å². The highest BCUT2D eigenvalue weighted by Crippen LogP contribution is 2.20. The first-order valence-corrected chi connectivity index (χ1v) is 9.00. The Kier molecular flexibility index (Phi) is 4.64. The molecule has 0 fully saturated rings. The van der Waals surface area contributed by atoms with Crippen LogP contribution in [0.3, 0.4) is 0 Å². The predicted octanol–water partition coefficient (Wildman–Crippen LogP) is 4.52. The van der Waals surface area contributed by atoms with Gasteiger partial charge in [0.25, 0.3) is 0 Å². The van der Waals surface area contributed by atoms with Crippen molar-refractivity contribution in [3.63, 3.8) is 0 Å². The lowest BCUT2D eigenvalue weighted by atomic mass is 10.1. The minimum Gasteiger partial charge on any atom is -0.323 e. The van der Waals surface area contributed by atoms with Gasteiger partial charge in [0, 0.05) is 0 Å². The molecule has 0 aliphatic heterocycles. The number of anilines is 1. The second kappa shape index (κ2) is 7.25. The van der Waals surface area contributed by atoms with Gasteiger partial charge >= 0.3 is 0 Å². The highest BCUT2D eigenvalue weighted by Gasteiger charge is 2.12. The van der Waals surface area contributed by atoms with E-state index in [0.29, 0.717) is 17.6 Å². The van der Waals surface area contributed by atoms with Crippen molar-refractivity contribution in [1.29, 1.82) is 0 Å². The number of H-pyrrole nitrogens is 1. The molecule has 0 saturated carbocycles. The molecule has 0 atom stereocenters. The molecule has 7 heteroatoms. The quantitative estimate of drug-likeness (QED) is 0.396. The fraction of sp³-hybridized carbons (Fsp3) is 0.150. The molecule has 2 N–H and O–H groups in total. The molecular formula is C20H19ClN6. The summed E-state index contributed by atoms with van der Waals surface area (Å²) in [5.41, 5.74) is 8.73. The summed E-state index contributed by atoms with van der Waals surface area (Å²) in [5.74, 6) is 0.577. The van der Waals surface area contributed by atoms with Crippen LogP contribution in [0.15, 0.2) is 53.6 Å². The lowest BCUT2D eigenvalue weighted by Gasteiger charge is -2.04. The van der Waals surface area contributed by atoms with E-state index in [0.717, 1.165) is 27.9 Å². The van der Waals surface area contributed by atoms with Crippen molar-refractivity contribution in [3.05, 3.63) is 76.1 Å². The molecule has 0 spiro atoms. The van der Waals surface area contributed by atoms with Crippen molar-refractivity contribution in [2.45, 2.75) is 20.4 Å². The first-order valence-electron chi connectivity index (χ1n) is 8.62. The van der Waals surface area contributed by atoms with Crippen LogP contribution < -0.4 is 5.43 Å². The number of fused-ring (bicyclic) bond motifs is 1. The maximum absolute atomic E-state index is 6.51. The van der Waals surface area contributed by atoms with Crippen LogP contribution in [0.2, 0.25) is 5.15 Å². The number of benzene rings is 2. The highest BCUT2D eigenvalue weighted by molar-refractivity contribution is 6.32. The third-order valence-electron chi connectivity index (χ3n) is 4.32. The van der Waals surface area contributed by atoms with Gasteiger partial charge < -0.3 is 4.98 Å². The molecule has 0 radical (unpaired) electrons. The molecule has 4 rings (SSSR count). The maximum atomic E-state index is 6.51. The highest BCUT2D eigenvalue weighted by atomic mass is 35.5. The number of para-hydroxylation sites is 2. The molecular weight excluding hydrogens is 360 g/mol. The van der Waals surface area contributed by atoms with Crippen LogP contribution in [0.5, 0.6) is 0 Å². The van der Waals surface area contributed by atoms with Crippen LogP contribution in [0, 0.1) is 13.8 Å². The predicted molar refractivity (Wildman–Crippen MR) is 110 cm³/mol. The minimum absolute atomic E-state index is 0.559. The average Bonchev–Trinajstić information content (AvgIpc) is 3.19. The summed E-state index contributed by atoms with van der Waals surface area (Å²) in [6, 6.07) is 16.1. The number of imidazole rings is 1. The molecule has 0 saturated heterocycles. The van der Waals surface area contributed by atoms with E-state index < -0.39 is 0 Å². The first-order chi connectivity index (χ1) is 13.1. The zero-order valence-corrected chi connectivity index (χ0v) is 15.8. The van der Waals surface area contributed by atoms with Crippen molar-refractivity contribution in [2.24, 2.45) is 5.10 Å². The van der Waals surface area contributed by atoms with Gasteiger partial charge in [-0.05, 0) is 31.5 Å². The van der Waals surface area contributed by atoms with Crippen LogP contribution in [-0.4, -0.2) is 26.0 Å². The van der Waals surface area contributed by atoms with Crippen LogP contribution in [-0.2, 0) is 6.54 Å². The SMILES string of the molecule is Cc1ccc(Cn2nc(C)c(/C=N\Nc3nc4ccccc4[nH]3)c2Cl)cc1. The number of hydrogen-bond donors (Lipinski definition) is 2. The lowest BCUT2D eigenvalue weighted by molar-refractivity contribution is 0.680. The molecule has 0 aliphatic carbocycles. The van der Waals surface area contributed by atoms with Gasteiger partial charge in [0.1, 0.15) is 5.15 Å². The Labute approximate surface area is 161 Å². The molecule has 2 heterocycles. The molecule has 6 nitrogen and oxygen atoms in total. The van der Waals surface area contributed by atoms with Crippen LogP contribution in [0.4, 0.5) is 5.95 Å². The number of aryl methyl sites for hydroxylation is 2. The summed E-state index contributed by atoms with van der Waals surface area (Å²) in [6.45, 7) is 4.60. The zero-order chi connectivity index (χ0) is 18.8. The Morgan fingerprint density at radius 3 is 2.70 bits per heavy atom. The molecule has 0 bridgehead atoms. The number of aromatic nitrogens is 4. The van der Waals surface area contributed by atoms with Gasteiger partial charge in [-0.3, -0.25) is 0 Å². The largest absolute Gasteiger partial charge is 0.323 e. The molecule has 2 aromatic carbocycles. The number of hydrazone groups is 1. The Bertz CT molecular complexity index is 1070. The standard InChI is InChI=1S/C20H19ClN6/c1-13-7-9-15(10-8-13)12-27-19(21)16(14(2)26-27)11-22-25-20-23-17-5-3-4-6-18(17)24-20/h3-11H,12H2,1-2H3,(H2,23,24,25)/b22-11-. The average molecular weight is 379 g/mol. The van der Waals surface area contributed by atoms with Crippen molar-refractivity contribution in [3.8, 4) is 0 Å². The Morgan fingerprint density at radius 2 is 1.93 bits per heavy atom. The summed E-state index contributed by atoms with van der Waals surface area (Å²) < 4.78 is 1.78. The third kappa shape index (κ3) is 3.71. The van der Waals surface area contributed by atoms with E-state index in [1.165, 1.54) is 5.56 Å². The Balaban J connectivity index is 1.50. The Morgan fingerprint density at radius 1 is 1.15 bits per heavy atom. The molecule has 0 amide bonds. The van der Waals surface area contributed by atoms with Crippen molar-refractivity contribution < 1.29 is 0 Å². The summed E-state index contributed by atoms with van der Waals surface area (Å²) in [7, 11) is 0. The van der Waals surface area contributed by atoms with Crippen molar-refractivity contribution in [1.82, 2.24) is 19.7 Å². The number of nitrogens with zero attached hydrogens (tertiary/aromatic N) is 4. The van der Waals surface area contributed by atoms with Crippen molar-refractivity contribution >= 4 is 34.8 Å². The maximum Gasteiger partial charge on any atom is 0.222 e. The fourth-order valence-corrected chi connectivity index (χ4v) is 3.13. The summed E-state index contributed by atoms with van der Waals surface area (Å²) in [6.07, 6.45) is 1.67. The lowest BCUT2D eigenvalue weighted by Crippen LogP contribution is -2.02. The van der Waals surface area contributed by atoms with Gasteiger partial charge in [0.15, 0.2) is 0 Å². The molecule has 0 aliphatic rings. The fourth-order valence-electron chi connectivity index (χ4n) is 2.85.